The molecule has 4 aromatic rings. The molecule has 194 valence electrons. The first-order valence-corrected chi connectivity index (χ1v) is 13.7. The van der Waals surface area contributed by atoms with E-state index in [2.05, 4.69) is 27.6 Å². The van der Waals surface area contributed by atoms with Crippen molar-refractivity contribution in [1.29, 1.82) is 0 Å². The molecule has 1 saturated heterocycles. The highest BCUT2D eigenvalue weighted by Gasteiger charge is 2.33. The van der Waals surface area contributed by atoms with Crippen LogP contribution in [0.4, 0.5) is 21.9 Å². The van der Waals surface area contributed by atoms with E-state index in [0.29, 0.717) is 39.4 Å². The number of likely N-dealkylation sites (tertiary alicyclic amines) is 1. The zero-order valence-electron chi connectivity index (χ0n) is 21.4. The predicted octanol–water partition coefficient (Wildman–Crippen LogP) is 6.29. The summed E-state index contributed by atoms with van der Waals surface area (Å²) in [6.45, 7) is 3.65. The number of anilines is 3. The fourth-order valence-electron chi connectivity index (χ4n) is 5.33. The van der Waals surface area contributed by atoms with Gasteiger partial charge in [-0.25, -0.2) is 9.78 Å². The number of amides is 3. The Labute approximate surface area is 225 Å². The number of urea groups is 1. The zero-order valence-corrected chi connectivity index (χ0v) is 22.2. The molecule has 0 bridgehead atoms. The van der Waals surface area contributed by atoms with Crippen molar-refractivity contribution in [3.63, 3.8) is 0 Å². The Morgan fingerprint density at radius 1 is 1.16 bits per heavy atom. The van der Waals surface area contributed by atoms with Gasteiger partial charge in [0.15, 0.2) is 0 Å². The number of rotatable bonds is 7. The van der Waals surface area contributed by atoms with E-state index in [1.54, 1.807) is 11.1 Å². The number of para-hydroxylation sites is 1. The van der Waals surface area contributed by atoms with Gasteiger partial charge in [0.05, 0.1) is 22.4 Å². The van der Waals surface area contributed by atoms with Crippen molar-refractivity contribution in [2.75, 3.05) is 30.4 Å². The number of thiophene rings is 1. The number of nitrogens with one attached hydrogen (secondary N) is 2. The van der Waals surface area contributed by atoms with Crippen LogP contribution in [0.15, 0.2) is 60.8 Å². The second-order valence-electron chi connectivity index (χ2n) is 9.77. The lowest BCUT2D eigenvalue weighted by atomic mass is 10.1. The lowest BCUT2D eigenvalue weighted by Gasteiger charge is -2.29. The van der Waals surface area contributed by atoms with Crippen LogP contribution in [0.25, 0.3) is 10.2 Å². The SMILES string of the molecule is Cc1cc(Oc2ccccc2)ccc1N1C(=O)Nc2c(C(=O)NCCC3CCCN3C)sc3nccc1c23. The van der Waals surface area contributed by atoms with E-state index in [9.17, 15) is 9.59 Å². The quantitative estimate of drug-likeness (QED) is 0.295. The van der Waals surface area contributed by atoms with Gasteiger partial charge >= 0.3 is 6.03 Å². The number of aromatic nitrogens is 1. The first-order chi connectivity index (χ1) is 18.5. The smallest absolute Gasteiger partial charge is 0.331 e. The molecule has 2 aromatic carbocycles. The Hall–Kier alpha value is -3.95. The van der Waals surface area contributed by atoms with Crippen LogP contribution in [0.1, 0.15) is 34.5 Å². The van der Waals surface area contributed by atoms with Crippen LogP contribution in [0.2, 0.25) is 0 Å². The van der Waals surface area contributed by atoms with Gasteiger partial charge < -0.3 is 20.3 Å². The minimum absolute atomic E-state index is 0.179. The second-order valence-corrected chi connectivity index (χ2v) is 10.8. The number of aryl methyl sites for hydroxylation is 1. The molecule has 8 nitrogen and oxygen atoms in total. The number of carbonyl (C=O) groups is 2. The average molecular weight is 528 g/mol. The molecule has 0 spiro atoms. The van der Waals surface area contributed by atoms with Crippen LogP contribution in [0.5, 0.6) is 11.5 Å². The van der Waals surface area contributed by atoms with E-state index in [1.807, 2.05) is 61.5 Å². The van der Waals surface area contributed by atoms with Crippen molar-refractivity contribution >= 4 is 50.6 Å². The third-order valence-corrected chi connectivity index (χ3v) is 8.37. The third-order valence-electron chi connectivity index (χ3n) is 7.27. The Morgan fingerprint density at radius 3 is 2.76 bits per heavy atom. The molecule has 0 radical (unpaired) electrons. The van der Waals surface area contributed by atoms with E-state index in [4.69, 9.17) is 4.74 Å². The van der Waals surface area contributed by atoms with Crippen LogP contribution >= 0.6 is 11.3 Å². The summed E-state index contributed by atoms with van der Waals surface area (Å²) in [4.78, 5) is 36.3. The van der Waals surface area contributed by atoms with Crippen molar-refractivity contribution in [2.24, 2.45) is 0 Å². The molecule has 0 saturated carbocycles. The van der Waals surface area contributed by atoms with Crippen molar-refractivity contribution < 1.29 is 14.3 Å². The molecule has 9 heteroatoms. The maximum Gasteiger partial charge on any atom is 0.331 e. The summed E-state index contributed by atoms with van der Waals surface area (Å²) in [6, 6.07) is 17.2. The Morgan fingerprint density at radius 2 is 2.00 bits per heavy atom. The topological polar surface area (TPSA) is 86.8 Å². The molecule has 0 aliphatic carbocycles. The minimum Gasteiger partial charge on any atom is -0.457 e. The van der Waals surface area contributed by atoms with Crippen LogP contribution in [0, 0.1) is 6.92 Å². The lowest BCUT2D eigenvalue weighted by Crippen LogP contribution is -2.35. The molecular formula is C29H29N5O3S. The highest BCUT2D eigenvalue weighted by Crippen LogP contribution is 2.46. The summed E-state index contributed by atoms with van der Waals surface area (Å²) in [5.41, 5.74) is 2.86. The van der Waals surface area contributed by atoms with Gasteiger partial charge in [0.1, 0.15) is 21.2 Å². The maximum absolute atomic E-state index is 13.5. The first kappa shape index (κ1) is 24.4. The van der Waals surface area contributed by atoms with Gasteiger partial charge in [0.25, 0.3) is 5.91 Å². The molecule has 2 aliphatic heterocycles. The van der Waals surface area contributed by atoms with E-state index in [0.717, 1.165) is 35.4 Å². The van der Waals surface area contributed by atoms with Crippen molar-refractivity contribution in [2.45, 2.75) is 32.2 Å². The first-order valence-electron chi connectivity index (χ1n) is 12.8. The van der Waals surface area contributed by atoms with Gasteiger partial charge in [0.2, 0.25) is 0 Å². The summed E-state index contributed by atoms with van der Waals surface area (Å²) in [5, 5.41) is 6.82. The molecule has 2 aliphatic rings. The Kier molecular flexibility index (Phi) is 6.47. The van der Waals surface area contributed by atoms with Crippen LogP contribution in [-0.2, 0) is 0 Å². The monoisotopic (exact) mass is 527 g/mol. The number of ether oxygens (including phenoxy) is 1. The molecule has 6 rings (SSSR count). The summed E-state index contributed by atoms with van der Waals surface area (Å²) >= 11 is 1.31. The van der Waals surface area contributed by atoms with Crippen molar-refractivity contribution in [3.05, 3.63) is 71.2 Å². The number of nitrogens with zero attached hydrogens (tertiary/aromatic N) is 3. The van der Waals surface area contributed by atoms with Gasteiger partial charge in [-0.1, -0.05) is 18.2 Å². The Balaban J connectivity index is 1.27. The van der Waals surface area contributed by atoms with Gasteiger partial charge in [-0.3, -0.25) is 9.69 Å². The van der Waals surface area contributed by atoms with Crippen LogP contribution in [0.3, 0.4) is 0 Å². The predicted molar refractivity (Wildman–Crippen MR) is 151 cm³/mol. The second kappa shape index (κ2) is 10.1. The molecule has 1 atom stereocenters. The van der Waals surface area contributed by atoms with E-state index >= 15 is 0 Å². The van der Waals surface area contributed by atoms with Gasteiger partial charge in [-0.15, -0.1) is 11.3 Å². The van der Waals surface area contributed by atoms with E-state index < -0.39 is 0 Å². The number of hydrogen-bond acceptors (Lipinski definition) is 6. The van der Waals surface area contributed by atoms with Gasteiger partial charge in [-0.05, 0) is 81.7 Å². The number of benzene rings is 2. The Bertz CT molecular complexity index is 1520. The summed E-state index contributed by atoms with van der Waals surface area (Å²) in [6.07, 6.45) is 4.96. The molecule has 2 N–H and O–H groups in total. The number of hydrogen-bond donors (Lipinski definition) is 2. The fraction of sp³-hybridized carbons (Fsp3) is 0.276. The third kappa shape index (κ3) is 4.48. The normalized spacial score (nSPS) is 17.1. The number of carbonyl (C=O) groups excluding carboxylic acids is 2. The van der Waals surface area contributed by atoms with Crippen molar-refractivity contribution in [1.82, 2.24) is 15.2 Å². The van der Waals surface area contributed by atoms with E-state index in [1.165, 1.54) is 24.2 Å². The largest absolute Gasteiger partial charge is 0.457 e. The standard InChI is InChI=1S/C29H29N5O3S/c1-18-17-21(37-20-8-4-3-5-9-20)10-11-22(18)34-23-13-15-31-28-24(23)25(32-29(34)36)26(38-28)27(35)30-14-12-19-7-6-16-33(19)2/h3-5,8-11,13,15,17,19H,6-7,12,14,16H2,1-2H3,(H,30,35)(H,32,36). The average Bonchev–Trinajstić information content (AvgIpc) is 3.49. The molecule has 38 heavy (non-hydrogen) atoms. The van der Waals surface area contributed by atoms with E-state index in [-0.39, 0.29) is 11.9 Å². The molecule has 3 amide bonds. The highest BCUT2D eigenvalue weighted by molar-refractivity contribution is 7.21. The highest BCUT2D eigenvalue weighted by atomic mass is 32.1. The van der Waals surface area contributed by atoms with Gasteiger partial charge in [-0.2, -0.15) is 0 Å². The molecule has 4 heterocycles. The number of pyridine rings is 1. The van der Waals surface area contributed by atoms with Crippen LogP contribution < -0.4 is 20.3 Å². The maximum atomic E-state index is 13.5. The van der Waals surface area contributed by atoms with Crippen molar-refractivity contribution in [3.8, 4) is 11.5 Å². The zero-order chi connectivity index (χ0) is 26.2. The van der Waals surface area contributed by atoms with Gasteiger partial charge in [0, 0.05) is 18.8 Å². The van der Waals surface area contributed by atoms with Crippen LogP contribution in [-0.4, -0.2) is 48.0 Å². The summed E-state index contributed by atoms with van der Waals surface area (Å²) in [7, 11) is 2.13. The minimum atomic E-state index is -0.315. The molecule has 2 aromatic heterocycles. The lowest BCUT2D eigenvalue weighted by molar-refractivity contribution is 0.0955. The molecule has 1 unspecified atom stereocenters. The summed E-state index contributed by atoms with van der Waals surface area (Å²) in [5.74, 6) is 1.26. The molecular weight excluding hydrogens is 498 g/mol. The molecule has 1 fully saturated rings. The summed E-state index contributed by atoms with van der Waals surface area (Å²) < 4.78 is 5.97. The fourth-order valence-corrected chi connectivity index (χ4v) is 6.36.